The summed E-state index contributed by atoms with van der Waals surface area (Å²) < 4.78 is 8.05. The zero-order valence-electron chi connectivity index (χ0n) is 14.1. The summed E-state index contributed by atoms with van der Waals surface area (Å²) in [5.41, 5.74) is 1.55. The molecular formula is C17H18N4O2S2. The zero-order chi connectivity index (χ0) is 17.8. The van der Waals surface area contributed by atoms with E-state index in [1.54, 1.807) is 11.8 Å². The second-order valence-corrected chi connectivity index (χ2v) is 7.17. The number of carbonyl (C=O) groups excluding carboxylic acids is 1. The molecule has 0 spiro atoms. The van der Waals surface area contributed by atoms with E-state index in [-0.39, 0.29) is 6.03 Å². The van der Waals surface area contributed by atoms with Gasteiger partial charge in [-0.2, -0.15) is 0 Å². The Balaban J connectivity index is 1.69. The number of nitrogens with one attached hydrogen (secondary N) is 2. The summed E-state index contributed by atoms with van der Waals surface area (Å²) in [6, 6.07) is 13.3. The quantitative estimate of drug-likeness (QED) is 0.508. The molecule has 0 fully saturated rings. The van der Waals surface area contributed by atoms with Crippen LogP contribution in [-0.4, -0.2) is 31.5 Å². The third kappa shape index (κ3) is 4.02. The first-order chi connectivity index (χ1) is 12.1. The van der Waals surface area contributed by atoms with E-state index in [0.29, 0.717) is 11.4 Å². The van der Waals surface area contributed by atoms with Crippen LogP contribution in [0.3, 0.4) is 0 Å². The van der Waals surface area contributed by atoms with Crippen molar-refractivity contribution < 1.29 is 9.32 Å². The van der Waals surface area contributed by atoms with Crippen molar-refractivity contribution in [3.8, 4) is 0 Å². The molecule has 25 heavy (non-hydrogen) atoms. The fourth-order valence-electron chi connectivity index (χ4n) is 2.31. The minimum atomic E-state index is -0.359. The smallest absolute Gasteiger partial charge is 0.330 e. The summed E-state index contributed by atoms with van der Waals surface area (Å²) in [5.74, 6) is 0.398. The fourth-order valence-corrected chi connectivity index (χ4v) is 3.26. The molecule has 0 aliphatic rings. The highest BCUT2D eigenvalue weighted by molar-refractivity contribution is 7.98. The first-order valence-corrected chi connectivity index (χ1v) is 9.56. The molecule has 0 bridgehead atoms. The van der Waals surface area contributed by atoms with Gasteiger partial charge < -0.3 is 9.42 Å². The number of fused-ring (bicyclic) bond motifs is 1. The molecule has 0 aliphatic carbocycles. The maximum absolute atomic E-state index is 12.2. The van der Waals surface area contributed by atoms with Crippen LogP contribution in [0.5, 0.6) is 0 Å². The number of benzene rings is 2. The largest absolute Gasteiger partial charge is 0.377 e. The molecule has 2 N–H and O–H groups in total. The Bertz CT molecular complexity index is 878. The van der Waals surface area contributed by atoms with E-state index in [0.717, 1.165) is 16.0 Å². The first-order valence-electron chi connectivity index (χ1n) is 7.52. The minimum absolute atomic E-state index is 0.359. The summed E-state index contributed by atoms with van der Waals surface area (Å²) >= 11 is 2.92. The number of carbonyl (C=O) groups is 1. The molecule has 0 aliphatic heterocycles. The van der Waals surface area contributed by atoms with Crippen LogP contribution in [0.25, 0.3) is 11.0 Å². The zero-order valence-corrected chi connectivity index (χ0v) is 15.7. The normalized spacial score (nSPS) is 10.7. The van der Waals surface area contributed by atoms with E-state index in [1.807, 2.05) is 67.7 Å². The molecule has 130 valence electrons. The predicted octanol–water partition coefficient (Wildman–Crippen LogP) is 4.44. The number of amides is 2. The van der Waals surface area contributed by atoms with Crippen molar-refractivity contribution in [2.24, 2.45) is 0 Å². The fraction of sp³-hybridized carbons (Fsp3) is 0.176. The molecule has 1 heterocycles. The van der Waals surface area contributed by atoms with Gasteiger partial charge in [-0.1, -0.05) is 11.2 Å². The number of aromatic nitrogens is 1. The number of rotatable bonds is 5. The Morgan fingerprint density at radius 3 is 2.52 bits per heavy atom. The van der Waals surface area contributed by atoms with E-state index in [9.17, 15) is 4.79 Å². The van der Waals surface area contributed by atoms with E-state index < -0.39 is 0 Å². The van der Waals surface area contributed by atoms with Crippen LogP contribution < -0.4 is 14.9 Å². The third-order valence-corrected chi connectivity index (χ3v) is 5.05. The third-order valence-electron chi connectivity index (χ3n) is 3.51. The first kappa shape index (κ1) is 17.5. The topological polar surface area (TPSA) is 70.4 Å². The number of urea groups is 1. The van der Waals surface area contributed by atoms with Gasteiger partial charge in [-0.3, -0.25) is 10.0 Å². The minimum Gasteiger partial charge on any atom is -0.377 e. The molecule has 3 aromatic rings. The van der Waals surface area contributed by atoms with Crippen LogP contribution >= 0.6 is 23.7 Å². The van der Waals surface area contributed by atoms with Gasteiger partial charge in [0.05, 0.1) is 11.1 Å². The Morgan fingerprint density at radius 2 is 1.84 bits per heavy atom. The molecule has 0 saturated heterocycles. The van der Waals surface area contributed by atoms with Gasteiger partial charge in [0.15, 0.2) is 11.4 Å². The number of nitrogens with zero attached hydrogens (tertiary/aromatic N) is 2. The maximum atomic E-state index is 12.2. The van der Waals surface area contributed by atoms with Crippen LogP contribution in [0.15, 0.2) is 56.8 Å². The second-order valence-electron chi connectivity index (χ2n) is 5.41. The van der Waals surface area contributed by atoms with Gasteiger partial charge in [0.2, 0.25) is 0 Å². The molecule has 3 rings (SSSR count). The van der Waals surface area contributed by atoms with E-state index in [4.69, 9.17) is 4.52 Å². The van der Waals surface area contributed by atoms with Crippen molar-refractivity contribution in [2.75, 3.05) is 30.6 Å². The number of hydrogen-bond acceptors (Lipinski definition) is 6. The summed E-state index contributed by atoms with van der Waals surface area (Å²) in [7, 11) is 3.86. The molecule has 2 amide bonds. The van der Waals surface area contributed by atoms with Crippen molar-refractivity contribution in [3.63, 3.8) is 0 Å². The van der Waals surface area contributed by atoms with Crippen LogP contribution in [0.2, 0.25) is 0 Å². The van der Waals surface area contributed by atoms with Gasteiger partial charge in [0.1, 0.15) is 0 Å². The average molecular weight is 374 g/mol. The monoisotopic (exact) mass is 374 g/mol. The van der Waals surface area contributed by atoms with Gasteiger partial charge in [0.25, 0.3) is 0 Å². The van der Waals surface area contributed by atoms with Crippen LogP contribution in [0.4, 0.5) is 16.3 Å². The van der Waals surface area contributed by atoms with Crippen LogP contribution in [0.1, 0.15) is 0 Å². The molecule has 1 aromatic heterocycles. The number of hydrogen-bond donors (Lipinski definition) is 2. The van der Waals surface area contributed by atoms with E-state index in [1.165, 1.54) is 16.8 Å². The lowest BCUT2D eigenvalue weighted by molar-refractivity contribution is 0.257. The molecular weight excluding hydrogens is 356 g/mol. The second kappa shape index (κ2) is 7.71. The highest BCUT2D eigenvalue weighted by atomic mass is 32.2. The molecule has 0 atom stereocenters. The summed E-state index contributed by atoms with van der Waals surface area (Å²) in [6.07, 6.45) is 2.03. The highest BCUT2D eigenvalue weighted by Gasteiger charge is 2.16. The van der Waals surface area contributed by atoms with Gasteiger partial charge in [-0.15, -0.1) is 11.8 Å². The van der Waals surface area contributed by atoms with Crippen LogP contribution in [0, 0.1) is 0 Å². The van der Waals surface area contributed by atoms with Crippen molar-refractivity contribution >= 4 is 52.2 Å². The van der Waals surface area contributed by atoms with Gasteiger partial charge >= 0.3 is 6.03 Å². The number of anilines is 2. The van der Waals surface area contributed by atoms with Crippen molar-refractivity contribution in [1.82, 2.24) is 9.88 Å². The van der Waals surface area contributed by atoms with Gasteiger partial charge in [-0.05, 0) is 54.6 Å². The lowest BCUT2D eigenvalue weighted by Gasteiger charge is -2.13. The summed E-state index contributed by atoms with van der Waals surface area (Å²) in [6.45, 7) is 0. The maximum Gasteiger partial charge on any atom is 0.330 e. The predicted molar refractivity (Wildman–Crippen MR) is 105 cm³/mol. The van der Waals surface area contributed by atoms with Crippen LogP contribution in [-0.2, 0) is 0 Å². The van der Waals surface area contributed by atoms with Crippen molar-refractivity contribution in [3.05, 3.63) is 42.5 Å². The molecule has 8 heteroatoms. The summed E-state index contributed by atoms with van der Waals surface area (Å²) in [5, 5.41) is 7.49. The lowest BCUT2D eigenvalue weighted by Crippen LogP contribution is -2.23. The number of thioether (sulfide) groups is 1. The molecule has 0 unspecified atom stereocenters. The SMILES string of the molecule is CSc1ccc(SNC(=O)Nc2noc3cccc(N(C)C)c23)cc1. The molecule has 2 aromatic carbocycles. The lowest BCUT2D eigenvalue weighted by atomic mass is 10.2. The summed E-state index contributed by atoms with van der Waals surface area (Å²) in [4.78, 5) is 16.3. The van der Waals surface area contributed by atoms with Crippen molar-refractivity contribution in [1.29, 1.82) is 0 Å². The average Bonchev–Trinajstić information content (AvgIpc) is 3.03. The molecule has 0 radical (unpaired) electrons. The van der Waals surface area contributed by atoms with E-state index in [2.05, 4.69) is 15.2 Å². The molecule has 6 nitrogen and oxygen atoms in total. The Hall–Kier alpha value is -2.32. The highest BCUT2D eigenvalue weighted by Crippen LogP contribution is 2.32. The van der Waals surface area contributed by atoms with E-state index >= 15 is 0 Å². The standard InChI is InChI=1S/C17H18N4O2S2/c1-21(2)13-5-4-6-14-15(13)16(19-23-14)18-17(22)20-25-12-9-7-11(24-3)8-10-12/h4-10H,1-3H3,(H2,18,19,20,22). The molecule has 0 saturated carbocycles. The Labute approximate surface area is 154 Å². The van der Waals surface area contributed by atoms with Crippen molar-refractivity contribution in [2.45, 2.75) is 9.79 Å². The Kier molecular flexibility index (Phi) is 5.40. The van der Waals surface area contributed by atoms with Gasteiger partial charge in [-0.25, -0.2) is 4.79 Å². The Morgan fingerprint density at radius 1 is 1.12 bits per heavy atom. The van der Waals surface area contributed by atoms with Gasteiger partial charge in [0, 0.05) is 23.9 Å².